The number of carbonyl (C=O) groups excluding carboxylic acids is 2. The van der Waals surface area contributed by atoms with Crippen LogP contribution in [0.15, 0.2) is 42.5 Å². The third-order valence-electron chi connectivity index (χ3n) is 4.66. The molecule has 0 spiro atoms. The monoisotopic (exact) mass is 340 g/mol. The van der Waals surface area contributed by atoms with Gasteiger partial charge in [0, 0.05) is 17.8 Å². The molecule has 1 heterocycles. The van der Waals surface area contributed by atoms with Gasteiger partial charge < -0.3 is 10.2 Å². The average Bonchev–Trinajstić information content (AvgIpc) is 3.07. The summed E-state index contributed by atoms with van der Waals surface area (Å²) in [6, 6.07) is 10.8. The zero-order valence-corrected chi connectivity index (χ0v) is 14.4. The summed E-state index contributed by atoms with van der Waals surface area (Å²) in [6.45, 7) is 4.50. The van der Waals surface area contributed by atoms with E-state index in [0.717, 1.165) is 23.2 Å². The zero-order chi connectivity index (χ0) is 18.0. The first-order valence-corrected chi connectivity index (χ1v) is 8.40. The van der Waals surface area contributed by atoms with Crippen LogP contribution in [-0.2, 0) is 4.79 Å². The molecule has 1 fully saturated rings. The van der Waals surface area contributed by atoms with E-state index in [-0.39, 0.29) is 17.4 Å². The molecular weight excluding hydrogens is 319 g/mol. The van der Waals surface area contributed by atoms with Crippen LogP contribution in [0.2, 0.25) is 0 Å². The molecule has 1 saturated heterocycles. The number of halogens is 1. The van der Waals surface area contributed by atoms with Crippen LogP contribution in [-0.4, -0.2) is 29.3 Å². The van der Waals surface area contributed by atoms with Gasteiger partial charge in [-0.15, -0.1) is 0 Å². The fourth-order valence-electron chi connectivity index (χ4n) is 3.11. The molecule has 2 aromatic rings. The van der Waals surface area contributed by atoms with Gasteiger partial charge >= 0.3 is 0 Å². The Bertz CT molecular complexity index is 819. The van der Waals surface area contributed by atoms with E-state index in [1.165, 1.54) is 23.1 Å². The highest BCUT2D eigenvalue weighted by Crippen LogP contribution is 2.23. The Morgan fingerprint density at radius 1 is 1.12 bits per heavy atom. The standard InChI is InChI=1S/C20H21FN2O2/c1-13-8-9-17(11-14(13)2)22-19(24)18-7-4-10-23(18)20(25)15-5-3-6-16(21)12-15/h3,5-6,8-9,11-12,18H,4,7,10H2,1-2H3,(H,22,24)/t18-/m1/s1. The number of aryl methyl sites for hydroxylation is 2. The molecule has 4 nitrogen and oxygen atoms in total. The largest absolute Gasteiger partial charge is 0.327 e. The quantitative estimate of drug-likeness (QED) is 0.926. The minimum atomic E-state index is -0.530. The topological polar surface area (TPSA) is 49.4 Å². The molecule has 2 aromatic carbocycles. The Morgan fingerprint density at radius 3 is 2.64 bits per heavy atom. The van der Waals surface area contributed by atoms with Crippen molar-refractivity contribution in [3.05, 3.63) is 65.0 Å². The van der Waals surface area contributed by atoms with Crippen molar-refractivity contribution in [1.82, 2.24) is 4.90 Å². The number of hydrogen-bond acceptors (Lipinski definition) is 2. The highest BCUT2D eigenvalue weighted by molar-refractivity contribution is 6.01. The van der Waals surface area contributed by atoms with Crippen LogP contribution in [0.25, 0.3) is 0 Å². The fraction of sp³-hybridized carbons (Fsp3) is 0.300. The van der Waals surface area contributed by atoms with Crippen molar-refractivity contribution in [2.75, 3.05) is 11.9 Å². The van der Waals surface area contributed by atoms with E-state index in [9.17, 15) is 14.0 Å². The number of nitrogens with one attached hydrogen (secondary N) is 1. The summed E-state index contributed by atoms with van der Waals surface area (Å²) in [7, 11) is 0. The van der Waals surface area contributed by atoms with Crippen molar-refractivity contribution < 1.29 is 14.0 Å². The first kappa shape index (κ1) is 17.1. The molecule has 0 saturated carbocycles. The Balaban J connectivity index is 1.75. The lowest BCUT2D eigenvalue weighted by atomic mass is 10.1. The first-order valence-electron chi connectivity index (χ1n) is 8.40. The summed E-state index contributed by atoms with van der Waals surface area (Å²) in [5, 5.41) is 2.89. The fourth-order valence-corrected chi connectivity index (χ4v) is 3.11. The van der Waals surface area contributed by atoms with Gasteiger partial charge in [0.2, 0.25) is 5.91 Å². The Labute approximate surface area is 146 Å². The molecule has 1 N–H and O–H groups in total. The smallest absolute Gasteiger partial charge is 0.254 e. The predicted molar refractivity (Wildman–Crippen MR) is 95.0 cm³/mol. The minimum absolute atomic E-state index is 0.203. The van der Waals surface area contributed by atoms with Crippen molar-refractivity contribution in [1.29, 1.82) is 0 Å². The Kier molecular flexibility index (Phi) is 4.83. The number of amides is 2. The lowest BCUT2D eigenvalue weighted by molar-refractivity contribution is -0.119. The third-order valence-corrected chi connectivity index (χ3v) is 4.66. The summed E-state index contributed by atoms with van der Waals surface area (Å²) >= 11 is 0. The van der Waals surface area contributed by atoms with E-state index in [4.69, 9.17) is 0 Å². The van der Waals surface area contributed by atoms with E-state index < -0.39 is 11.9 Å². The lowest BCUT2D eigenvalue weighted by Gasteiger charge is -2.24. The lowest BCUT2D eigenvalue weighted by Crippen LogP contribution is -2.43. The number of nitrogens with zero attached hydrogens (tertiary/aromatic N) is 1. The van der Waals surface area contributed by atoms with Gasteiger partial charge in [-0.2, -0.15) is 0 Å². The van der Waals surface area contributed by atoms with Gasteiger partial charge in [0.1, 0.15) is 11.9 Å². The molecule has 0 unspecified atom stereocenters. The van der Waals surface area contributed by atoms with Gasteiger partial charge in [-0.05, 0) is 68.1 Å². The molecule has 1 atom stereocenters. The Morgan fingerprint density at radius 2 is 1.92 bits per heavy atom. The second-order valence-electron chi connectivity index (χ2n) is 6.46. The normalized spacial score (nSPS) is 16.8. The summed E-state index contributed by atoms with van der Waals surface area (Å²) in [4.78, 5) is 26.8. The van der Waals surface area contributed by atoms with Gasteiger partial charge in [0.15, 0.2) is 0 Å². The van der Waals surface area contributed by atoms with Gasteiger partial charge in [-0.3, -0.25) is 9.59 Å². The van der Waals surface area contributed by atoms with Crippen molar-refractivity contribution in [3.63, 3.8) is 0 Å². The van der Waals surface area contributed by atoms with Crippen molar-refractivity contribution in [2.45, 2.75) is 32.7 Å². The van der Waals surface area contributed by atoms with E-state index >= 15 is 0 Å². The Hall–Kier alpha value is -2.69. The van der Waals surface area contributed by atoms with Crippen LogP contribution in [0.3, 0.4) is 0 Å². The second kappa shape index (κ2) is 7.05. The first-order chi connectivity index (χ1) is 12.0. The number of anilines is 1. The van der Waals surface area contributed by atoms with Gasteiger partial charge in [0.25, 0.3) is 5.91 Å². The molecule has 0 radical (unpaired) electrons. The molecule has 1 aliphatic rings. The summed E-state index contributed by atoms with van der Waals surface area (Å²) < 4.78 is 13.4. The van der Waals surface area contributed by atoms with Crippen molar-refractivity contribution in [2.24, 2.45) is 0 Å². The van der Waals surface area contributed by atoms with Crippen LogP contribution in [0.5, 0.6) is 0 Å². The van der Waals surface area contributed by atoms with E-state index in [2.05, 4.69) is 5.32 Å². The van der Waals surface area contributed by atoms with Crippen molar-refractivity contribution >= 4 is 17.5 Å². The molecule has 0 bridgehead atoms. The molecular formula is C20H21FN2O2. The van der Waals surface area contributed by atoms with Crippen LogP contribution in [0.1, 0.15) is 34.3 Å². The molecule has 0 aromatic heterocycles. The number of carbonyl (C=O) groups is 2. The second-order valence-corrected chi connectivity index (χ2v) is 6.46. The van der Waals surface area contributed by atoms with E-state index in [1.807, 2.05) is 32.0 Å². The molecule has 25 heavy (non-hydrogen) atoms. The zero-order valence-electron chi connectivity index (χ0n) is 14.4. The minimum Gasteiger partial charge on any atom is -0.327 e. The maximum absolute atomic E-state index is 13.4. The molecule has 130 valence electrons. The molecule has 1 aliphatic heterocycles. The average molecular weight is 340 g/mol. The van der Waals surface area contributed by atoms with Crippen LogP contribution < -0.4 is 5.32 Å². The van der Waals surface area contributed by atoms with Crippen LogP contribution >= 0.6 is 0 Å². The highest BCUT2D eigenvalue weighted by atomic mass is 19.1. The van der Waals surface area contributed by atoms with Crippen LogP contribution in [0.4, 0.5) is 10.1 Å². The predicted octanol–water partition coefficient (Wildman–Crippen LogP) is 3.69. The van der Waals surface area contributed by atoms with E-state index in [0.29, 0.717) is 13.0 Å². The van der Waals surface area contributed by atoms with E-state index in [1.54, 1.807) is 6.07 Å². The number of likely N-dealkylation sites (tertiary alicyclic amines) is 1. The molecule has 0 aliphatic carbocycles. The molecule has 5 heteroatoms. The summed E-state index contributed by atoms with van der Waals surface area (Å²) in [5.74, 6) is -0.969. The van der Waals surface area contributed by atoms with Crippen molar-refractivity contribution in [3.8, 4) is 0 Å². The SMILES string of the molecule is Cc1ccc(NC(=O)[C@H]2CCCN2C(=O)c2cccc(F)c2)cc1C. The molecule has 3 rings (SSSR count). The number of rotatable bonds is 3. The number of benzene rings is 2. The highest BCUT2D eigenvalue weighted by Gasteiger charge is 2.34. The van der Waals surface area contributed by atoms with Gasteiger partial charge in [-0.1, -0.05) is 12.1 Å². The summed E-state index contributed by atoms with van der Waals surface area (Å²) in [6.07, 6.45) is 1.36. The maximum atomic E-state index is 13.4. The number of hydrogen-bond donors (Lipinski definition) is 1. The van der Waals surface area contributed by atoms with Gasteiger partial charge in [-0.25, -0.2) is 4.39 Å². The molecule has 2 amide bonds. The summed E-state index contributed by atoms with van der Waals surface area (Å²) in [5.41, 5.74) is 3.24. The third kappa shape index (κ3) is 3.71. The van der Waals surface area contributed by atoms with Crippen LogP contribution in [0, 0.1) is 19.7 Å². The van der Waals surface area contributed by atoms with Gasteiger partial charge in [0.05, 0.1) is 0 Å². The maximum Gasteiger partial charge on any atom is 0.254 e.